The highest BCUT2D eigenvalue weighted by molar-refractivity contribution is 7.80. The zero-order chi connectivity index (χ0) is 28.6. The molecule has 0 amide bonds. The SMILES string of the molecule is CCCCCCCCCCCCC(=S)OC[C@H](O)[C@H]1OC[C@@H](O)[C@H]1OC(=S)CCCCCCCCCCCC. The van der Waals surface area contributed by atoms with Gasteiger partial charge in [0.1, 0.15) is 24.9 Å². The average molecular weight is 589 g/mol. The minimum Gasteiger partial charge on any atom is -0.484 e. The first kappa shape index (κ1) is 36.7. The molecule has 1 saturated heterocycles. The molecular formula is C32H60O5S2. The van der Waals surface area contributed by atoms with Crippen molar-refractivity contribution in [2.45, 2.75) is 180 Å². The topological polar surface area (TPSA) is 68.2 Å². The summed E-state index contributed by atoms with van der Waals surface area (Å²) in [6.45, 7) is 4.67. The van der Waals surface area contributed by atoms with Crippen LogP contribution in [0.5, 0.6) is 0 Å². The molecule has 230 valence electrons. The Kier molecular flexibility index (Phi) is 23.9. The van der Waals surface area contributed by atoms with E-state index in [1.165, 1.54) is 103 Å². The summed E-state index contributed by atoms with van der Waals surface area (Å²) in [7, 11) is 0. The van der Waals surface area contributed by atoms with Crippen molar-refractivity contribution in [1.29, 1.82) is 0 Å². The molecule has 5 nitrogen and oxygen atoms in total. The van der Waals surface area contributed by atoms with Crippen LogP contribution < -0.4 is 0 Å². The Balaban J connectivity index is 2.12. The molecule has 0 aliphatic carbocycles. The molecule has 1 aliphatic rings. The third kappa shape index (κ3) is 19.4. The van der Waals surface area contributed by atoms with Crippen LogP contribution in [0.4, 0.5) is 0 Å². The Labute approximate surface area is 251 Å². The second-order valence-electron chi connectivity index (χ2n) is 11.4. The van der Waals surface area contributed by atoms with E-state index in [-0.39, 0.29) is 13.2 Å². The molecule has 1 rings (SSSR count). The molecule has 0 spiro atoms. The summed E-state index contributed by atoms with van der Waals surface area (Å²) >= 11 is 10.8. The summed E-state index contributed by atoms with van der Waals surface area (Å²) in [5.41, 5.74) is 0. The third-order valence-corrected chi connectivity index (χ3v) is 8.32. The van der Waals surface area contributed by atoms with Gasteiger partial charge in [-0.05, 0) is 37.3 Å². The van der Waals surface area contributed by atoms with Crippen molar-refractivity contribution in [1.82, 2.24) is 0 Å². The number of thiocarbonyl (C=S) groups is 2. The summed E-state index contributed by atoms with van der Waals surface area (Å²) in [6, 6.07) is 0. The maximum atomic E-state index is 10.7. The molecular weight excluding hydrogens is 528 g/mol. The lowest BCUT2D eigenvalue weighted by Crippen LogP contribution is -2.43. The quantitative estimate of drug-likeness (QED) is 0.0773. The monoisotopic (exact) mass is 588 g/mol. The van der Waals surface area contributed by atoms with Crippen molar-refractivity contribution in [2.75, 3.05) is 13.2 Å². The van der Waals surface area contributed by atoms with Crippen LogP contribution in [-0.4, -0.2) is 57.9 Å². The molecule has 7 heteroatoms. The van der Waals surface area contributed by atoms with Gasteiger partial charge in [0.25, 0.3) is 0 Å². The van der Waals surface area contributed by atoms with E-state index in [0.717, 1.165) is 32.1 Å². The highest BCUT2D eigenvalue weighted by Gasteiger charge is 2.43. The van der Waals surface area contributed by atoms with Crippen LogP contribution in [0.1, 0.15) is 155 Å². The first-order valence-corrected chi connectivity index (χ1v) is 17.1. The van der Waals surface area contributed by atoms with Crippen LogP contribution in [0, 0.1) is 0 Å². The molecule has 4 atom stereocenters. The maximum Gasteiger partial charge on any atom is 0.160 e. The molecule has 0 aromatic heterocycles. The molecule has 0 bridgehead atoms. The molecule has 0 saturated carbocycles. The lowest BCUT2D eigenvalue weighted by molar-refractivity contribution is -0.0620. The molecule has 0 aromatic rings. The predicted molar refractivity (Wildman–Crippen MR) is 171 cm³/mol. The van der Waals surface area contributed by atoms with Crippen LogP contribution in [0.15, 0.2) is 0 Å². The number of aliphatic hydroxyl groups is 2. The molecule has 0 unspecified atom stereocenters. The molecule has 0 radical (unpaired) electrons. The summed E-state index contributed by atoms with van der Waals surface area (Å²) in [5.74, 6) is 0. The Morgan fingerprint density at radius 3 is 1.56 bits per heavy atom. The van der Waals surface area contributed by atoms with Gasteiger partial charge in [-0.15, -0.1) is 0 Å². The Bertz CT molecular complexity index is 603. The first-order chi connectivity index (χ1) is 19.0. The second-order valence-corrected chi connectivity index (χ2v) is 12.3. The van der Waals surface area contributed by atoms with Crippen LogP contribution in [0.25, 0.3) is 0 Å². The lowest BCUT2D eigenvalue weighted by Gasteiger charge is -2.26. The van der Waals surface area contributed by atoms with Gasteiger partial charge in [0.2, 0.25) is 0 Å². The zero-order valence-corrected chi connectivity index (χ0v) is 26.8. The number of rotatable bonds is 26. The third-order valence-electron chi connectivity index (χ3n) is 7.69. The smallest absolute Gasteiger partial charge is 0.160 e. The number of ether oxygens (including phenoxy) is 3. The van der Waals surface area contributed by atoms with E-state index < -0.39 is 24.4 Å². The fraction of sp³-hybridized carbons (Fsp3) is 0.938. The average Bonchev–Trinajstić information content (AvgIpc) is 3.29. The minimum atomic E-state index is -0.932. The van der Waals surface area contributed by atoms with Gasteiger partial charge in [-0.2, -0.15) is 0 Å². The Morgan fingerprint density at radius 2 is 1.10 bits per heavy atom. The van der Waals surface area contributed by atoms with Gasteiger partial charge in [0.05, 0.1) is 6.61 Å². The van der Waals surface area contributed by atoms with E-state index in [2.05, 4.69) is 13.8 Å². The number of hydrogen-bond donors (Lipinski definition) is 2. The van der Waals surface area contributed by atoms with Crippen molar-refractivity contribution in [3.05, 3.63) is 0 Å². The standard InChI is InChI=1S/C32H60O5S2/c1-3-5-7-9-11-13-15-17-19-21-23-29(38)35-25-27(33)31-32(28(34)26-36-31)37-30(39)24-22-20-18-16-14-12-10-8-6-4-2/h27-28,31-34H,3-26H2,1-2H3/t27-,28+,31+,32+/m0/s1. The molecule has 1 aliphatic heterocycles. The highest BCUT2D eigenvalue weighted by Crippen LogP contribution is 2.23. The van der Waals surface area contributed by atoms with Crippen molar-refractivity contribution in [3.63, 3.8) is 0 Å². The van der Waals surface area contributed by atoms with Gasteiger partial charge < -0.3 is 24.4 Å². The second kappa shape index (κ2) is 25.4. The summed E-state index contributed by atoms with van der Waals surface area (Å²) in [6.07, 6.45) is 23.8. The first-order valence-electron chi connectivity index (χ1n) is 16.3. The zero-order valence-electron chi connectivity index (χ0n) is 25.2. The normalized spacial score (nSPS) is 19.7. The van der Waals surface area contributed by atoms with Gasteiger partial charge in [-0.25, -0.2) is 0 Å². The number of aliphatic hydroxyl groups excluding tert-OH is 2. The van der Waals surface area contributed by atoms with Gasteiger partial charge in [-0.3, -0.25) is 0 Å². The largest absolute Gasteiger partial charge is 0.484 e. The maximum absolute atomic E-state index is 10.7. The number of unbranched alkanes of at least 4 members (excludes halogenated alkanes) is 18. The molecule has 2 N–H and O–H groups in total. The lowest BCUT2D eigenvalue weighted by atomic mass is 10.1. The molecule has 1 heterocycles. The summed E-state index contributed by atoms with van der Waals surface area (Å²) in [4.78, 5) is 0. The van der Waals surface area contributed by atoms with Crippen LogP contribution in [-0.2, 0) is 14.2 Å². The molecule has 0 aromatic carbocycles. The van der Waals surface area contributed by atoms with E-state index in [4.69, 9.17) is 38.6 Å². The molecule has 39 heavy (non-hydrogen) atoms. The van der Waals surface area contributed by atoms with Gasteiger partial charge in [0.15, 0.2) is 16.2 Å². The Hall–Kier alpha value is -0.340. The van der Waals surface area contributed by atoms with Crippen molar-refractivity contribution < 1.29 is 24.4 Å². The summed E-state index contributed by atoms with van der Waals surface area (Å²) < 4.78 is 17.2. The van der Waals surface area contributed by atoms with Crippen LogP contribution >= 0.6 is 24.4 Å². The van der Waals surface area contributed by atoms with Gasteiger partial charge >= 0.3 is 0 Å². The van der Waals surface area contributed by atoms with E-state index in [9.17, 15) is 10.2 Å². The van der Waals surface area contributed by atoms with Crippen molar-refractivity contribution in [2.24, 2.45) is 0 Å². The fourth-order valence-corrected chi connectivity index (χ4v) is 5.63. The minimum absolute atomic E-state index is 0.0407. The van der Waals surface area contributed by atoms with Crippen molar-refractivity contribution in [3.8, 4) is 0 Å². The number of hydrogen-bond acceptors (Lipinski definition) is 7. The highest BCUT2D eigenvalue weighted by atomic mass is 32.1. The van der Waals surface area contributed by atoms with Crippen LogP contribution in [0.3, 0.4) is 0 Å². The predicted octanol–water partition coefficient (Wildman–Crippen LogP) is 8.79. The van der Waals surface area contributed by atoms with E-state index in [0.29, 0.717) is 16.5 Å². The van der Waals surface area contributed by atoms with E-state index in [1.54, 1.807) is 0 Å². The van der Waals surface area contributed by atoms with Crippen LogP contribution in [0.2, 0.25) is 0 Å². The van der Waals surface area contributed by atoms with E-state index >= 15 is 0 Å². The van der Waals surface area contributed by atoms with Gasteiger partial charge in [0, 0.05) is 12.8 Å². The Morgan fingerprint density at radius 1 is 0.692 bits per heavy atom. The fourth-order valence-electron chi connectivity index (χ4n) is 5.16. The molecule has 1 fully saturated rings. The summed E-state index contributed by atoms with van der Waals surface area (Å²) in [5, 5.41) is 22.0. The van der Waals surface area contributed by atoms with Crippen molar-refractivity contribution >= 4 is 34.5 Å². The van der Waals surface area contributed by atoms with E-state index in [1.807, 2.05) is 0 Å². The van der Waals surface area contributed by atoms with Gasteiger partial charge in [-0.1, -0.05) is 129 Å².